The molecule has 1 N–H and O–H groups in total. The second-order valence-corrected chi connectivity index (χ2v) is 6.11. The minimum absolute atomic E-state index is 0.00239. The molecule has 0 aliphatic heterocycles. The third kappa shape index (κ3) is 3.60. The lowest BCUT2D eigenvalue weighted by Gasteiger charge is -2.14. The predicted molar refractivity (Wildman–Crippen MR) is 92.4 cm³/mol. The molecule has 7 heteroatoms. The number of nitrogens with zero attached hydrogens (tertiary/aromatic N) is 1. The van der Waals surface area contributed by atoms with E-state index in [-0.39, 0.29) is 12.1 Å². The fourth-order valence-corrected chi connectivity index (χ4v) is 2.92. The minimum Gasteiger partial charge on any atom is -0.477 e. The van der Waals surface area contributed by atoms with Crippen LogP contribution < -0.4 is 0 Å². The first-order valence-electron chi connectivity index (χ1n) is 7.61. The topological polar surface area (TPSA) is 42.2 Å². The lowest BCUT2D eigenvalue weighted by atomic mass is 10.1. The highest BCUT2D eigenvalue weighted by molar-refractivity contribution is 6.30. The summed E-state index contributed by atoms with van der Waals surface area (Å²) in [4.78, 5) is 11.8. The van der Waals surface area contributed by atoms with Gasteiger partial charge in [0.05, 0.1) is 0 Å². The Morgan fingerprint density at radius 2 is 1.65 bits per heavy atom. The van der Waals surface area contributed by atoms with Gasteiger partial charge < -0.3 is 9.67 Å². The molecule has 0 atom stereocenters. The van der Waals surface area contributed by atoms with E-state index >= 15 is 0 Å². The molecule has 0 aliphatic rings. The van der Waals surface area contributed by atoms with Crippen molar-refractivity contribution in [2.45, 2.75) is 12.7 Å². The predicted octanol–water partition coefficient (Wildman–Crippen LogP) is 5.57. The summed E-state index contributed by atoms with van der Waals surface area (Å²) in [5.74, 6) is -1.43. The van der Waals surface area contributed by atoms with E-state index in [1.807, 2.05) is 0 Å². The van der Waals surface area contributed by atoms with Gasteiger partial charge >= 0.3 is 12.1 Å². The van der Waals surface area contributed by atoms with E-state index in [1.165, 1.54) is 24.3 Å². The summed E-state index contributed by atoms with van der Waals surface area (Å²) in [6.45, 7) is -0.203. The number of aromatic carboxylic acids is 1. The Labute approximate surface area is 152 Å². The summed E-state index contributed by atoms with van der Waals surface area (Å²) < 4.78 is 41.5. The summed E-state index contributed by atoms with van der Waals surface area (Å²) >= 11 is 5.82. The van der Waals surface area contributed by atoms with Gasteiger partial charge in [0.15, 0.2) is 0 Å². The van der Waals surface area contributed by atoms with E-state index in [1.54, 1.807) is 30.3 Å². The van der Waals surface area contributed by atoms with Crippen LogP contribution in [0.3, 0.4) is 0 Å². The molecule has 0 fully saturated rings. The highest BCUT2D eigenvalue weighted by Gasteiger charge is 2.38. The van der Waals surface area contributed by atoms with Crippen LogP contribution >= 0.6 is 11.6 Å². The van der Waals surface area contributed by atoms with Crippen LogP contribution in [-0.2, 0) is 12.7 Å². The van der Waals surface area contributed by atoms with Crippen LogP contribution in [0.25, 0.3) is 11.1 Å². The van der Waals surface area contributed by atoms with Crippen LogP contribution in [0.5, 0.6) is 0 Å². The van der Waals surface area contributed by atoms with E-state index in [2.05, 4.69) is 0 Å². The summed E-state index contributed by atoms with van der Waals surface area (Å²) in [6.07, 6.45) is -4.69. The van der Waals surface area contributed by atoms with E-state index in [9.17, 15) is 23.1 Å². The molecule has 3 aromatic rings. The molecule has 0 spiro atoms. The van der Waals surface area contributed by atoms with Crippen LogP contribution in [0, 0.1) is 0 Å². The second kappa shape index (κ2) is 6.88. The Morgan fingerprint density at radius 1 is 1.04 bits per heavy atom. The average Bonchev–Trinajstić information content (AvgIpc) is 2.96. The summed E-state index contributed by atoms with van der Waals surface area (Å²) in [7, 11) is 0. The zero-order valence-electron chi connectivity index (χ0n) is 13.3. The standard InChI is InChI=1S/C19H13ClF3NO2/c20-14-8-6-13(7-9-14)15-10-16(19(21,22)23)24(17(15)18(25)26)11-12-4-2-1-3-5-12/h1-10H,11H2,(H,25,26). The fraction of sp³-hybridized carbons (Fsp3) is 0.105. The Hall–Kier alpha value is -2.73. The van der Waals surface area contributed by atoms with Crippen LogP contribution in [0.1, 0.15) is 21.7 Å². The maximum absolute atomic E-state index is 13.6. The molecule has 0 bridgehead atoms. The molecule has 2 aromatic carbocycles. The molecule has 0 saturated heterocycles. The fourth-order valence-electron chi connectivity index (χ4n) is 2.79. The zero-order valence-corrected chi connectivity index (χ0v) is 14.1. The van der Waals surface area contributed by atoms with E-state index in [4.69, 9.17) is 11.6 Å². The van der Waals surface area contributed by atoms with E-state index in [0.29, 0.717) is 16.1 Å². The first kappa shape index (κ1) is 18.1. The monoisotopic (exact) mass is 379 g/mol. The Balaban J connectivity index is 2.23. The number of benzene rings is 2. The number of carboxylic acids is 1. The minimum atomic E-state index is -4.69. The van der Waals surface area contributed by atoms with Gasteiger partial charge in [-0.1, -0.05) is 54.1 Å². The Kier molecular flexibility index (Phi) is 4.78. The molecule has 1 heterocycles. The smallest absolute Gasteiger partial charge is 0.431 e. The van der Waals surface area contributed by atoms with Crippen molar-refractivity contribution < 1.29 is 23.1 Å². The highest BCUT2D eigenvalue weighted by Crippen LogP contribution is 2.37. The van der Waals surface area contributed by atoms with Gasteiger partial charge in [-0.2, -0.15) is 13.2 Å². The molecule has 0 unspecified atom stereocenters. The first-order valence-corrected chi connectivity index (χ1v) is 7.99. The third-order valence-electron chi connectivity index (χ3n) is 3.93. The first-order chi connectivity index (χ1) is 12.3. The quantitative estimate of drug-likeness (QED) is 0.643. The molecule has 0 radical (unpaired) electrons. The van der Waals surface area contributed by atoms with Crippen molar-refractivity contribution in [2.24, 2.45) is 0 Å². The van der Waals surface area contributed by atoms with Gasteiger partial charge in [-0.3, -0.25) is 0 Å². The highest BCUT2D eigenvalue weighted by atomic mass is 35.5. The number of hydrogen-bond acceptors (Lipinski definition) is 1. The lowest BCUT2D eigenvalue weighted by Crippen LogP contribution is -2.18. The van der Waals surface area contributed by atoms with Crippen LogP contribution in [-0.4, -0.2) is 15.6 Å². The molecule has 26 heavy (non-hydrogen) atoms. The summed E-state index contributed by atoms with van der Waals surface area (Å²) in [5, 5.41) is 10.0. The van der Waals surface area contributed by atoms with Crippen LogP contribution in [0.2, 0.25) is 5.02 Å². The summed E-state index contributed by atoms with van der Waals surface area (Å²) in [5.41, 5.74) is -0.507. The van der Waals surface area contributed by atoms with Crippen molar-refractivity contribution in [3.63, 3.8) is 0 Å². The Bertz CT molecular complexity index is 932. The van der Waals surface area contributed by atoms with Crippen molar-refractivity contribution in [3.05, 3.63) is 82.6 Å². The van der Waals surface area contributed by atoms with E-state index in [0.717, 1.165) is 10.6 Å². The average molecular weight is 380 g/mol. The molecular formula is C19H13ClF3NO2. The van der Waals surface area contributed by atoms with Gasteiger partial charge in [-0.05, 0) is 29.3 Å². The van der Waals surface area contributed by atoms with Crippen LogP contribution in [0.15, 0.2) is 60.7 Å². The van der Waals surface area contributed by atoms with Crippen molar-refractivity contribution >= 4 is 17.6 Å². The number of alkyl halides is 3. The van der Waals surface area contributed by atoms with Crippen molar-refractivity contribution in [1.82, 2.24) is 4.57 Å². The lowest BCUT2D eigenvalue weighted by molar-refractivity contribution is -0.143. The molecule has 0 aliphatic carbocycles. The number of rotatable bonds is 4. The Morgan fingerprint density at radius 3 is 2.19 bits per heavy atom. The number of hydrogen-bond donors (Lipinski definition) is 1. The van der Waals surface area contributed by atoms with Crippen molar-refractivity contribution in [2.75, 3.05) is 0 Å². The van der Waals surface area contributed by atoms with Gasteiger partial charge in [-0.15, -0.1) is 0 Å². The molecule has 134 valence electrons. The molecule has 1 aromatic heterocycles. The van der Waals surface area contributed by atoms with Crippen molar-refractivity contribution in [3.8, 4) is 11.1 Å². The molecule has 0 saturated carbocycles. The number of carboxylic acid groups (broad SMARTS) is 1. The second-order valence-electron chi connectivity index (χ2n) is 5.67. The van der Waals surface area contributed by atoms with Crippen molar-refractivity contribution in [1.29, 1.82) is 0 Å². The molecule has 0 amide bonds. The normalized spacial score (nSPS) is 11.5. The summed E-state index contributed by atoms with van der Waals surface area (Å²) in [6, 6.07) is 15.3. The van der Waals surface area contributed by atoms with Gasteiger partial charge in [0.1, 0.15) is 11.4 Å². The van der Waals surface area contributed by atoms with Gasteiger partial charge in [-0.25, -0.2) is 4.79 Å². The van der Waals surface area contributed by atoms with Gasteiger partial charge in [0, 0.05) is 17.1 Å². The number of carbonyl (C=O) groups is 1. The van der Waals surface area contributed by atoms with Crippen LogP contribution in [0.4, 0.5) is 13.2 Å². The molecular weight excluding hydrogens is 367 g/mol. The van der Waals surface area contributed by atoms with Gasteiger partial charge in [0.25, 0.3) is 0 Å². The largest absolute Gasteiger partial charge is 0.477 e. The molecule has 3 nitrogen and oxygen atoms in total. The number of halogens is 4. The van der Waals surface area contributed by atoms with Gasteiger partial charge in [0.2, 0.25) is 0 Å². The maximum atomic E-state index is 13.6. The maximum Gasteiger partial charge on any atom is 0.431 e. The zero-order chi connectivity index (χ0) is 18.9. The SMILES string of the molecule is O=C(O)c1c(-c2ccc(Cl)cc2)cc(C(F)(F)F)n1Cc1ccccc1. The molecule has 3 rings (SSSR count). The van der Waals surface area contributed by atoms with E-state index < -0.39 is 23.5 Å². The number of aromatic nitrogens is 1. The third-order valence-corrected chi connectivity index (χ3v) is 4.18.